The maximum Gasteiger partial charge on any atom is 0.187 e. The van der Waals surface area contributed by atoms with E-state index >= 15 is 0 Å². The van der Waals surface area contributed by atoms with E-state index in [-0.39, 0.29) is 6.10 Å². The van der Waals surface area contributed by atoms with Crippen LogP contribution < -0.4 is 10.7 Å². The Balaban J connectivity index is 1.69. The number of nitrogens with zero attached hydrogens (tertiary/aromatic N) is 1. The van der Waals surface area contributed by atoms with Crippen molar-refractivity contribution in [1.82, 2.24) is 10.7 Å². The topological polar surface area (TPSA) is 45.7 Å². The number of hydrogen-bond donors (Lipinski definition) is 2. The van der Waals surface area contributed by atoms with E-state index in [1.807, 2.05) is 12.1 Å². The van der Waals surface area contributed by atoms with E-state index in [1.165, 1.54) is 5.56 Å². The number of ether oxygens (including phenoxy) is 1. The van der Waals surface area contributed by atoms with Gasteiger partial charge in [-0.05, 0) is 42.6 Å². The first-order valence-electron chi connectivity index (χ1n) is 7.05. The standard InChI is InChI=1S/C15H21N3OS/c1-2-12-5-7-13(8-6-12)10-17-18-15(20)16-11-14-4-3-9-19-14/h5-8,10,14H,2-4,9,11H2,1H3,(H2,16,18,20). The Morgan fingerprint density at radius 1 is 1.45 bits per heavy atom. The average molecular weight is 291 g/mol. The summed E-state index contributed by atoms with van der Waals surface area (Å²) in [5, 5.41) is 7.76. The smallest absolute Gasteiger partial charge is 0.187 e. The Labute approximate surface area is 125 Å². The first kappa shape index (κ1) is 14.9. The molecule has 20 heavy (non-hydrogen) atoms. The molecule has 2 N–H and O–H groups in total. The van der Waals surface area contributed by atoms with Gasteiger partial charge in [-0.25, -0.2) is 0 Å². The fraction of sp³-hybridized carbons (Fsp3) is 0.467. The third kappa shape index (κ3) is 4.90. The highest BCUT2D eigenvalue weighted by molar-refractivity contribution is 7.80. The van der Waals surface area contributed by atoms with Crippen LogP contribution in [0.1, 0.15) is 30.9 Å². The summed E-state index contributed by atoms with van der Waals surface area (Å²) in [6.45, 7) is 3.74. The normalized spacial score (nSPS) is 18.4. The van der Waals surface area contributed by atoms with Gasteiger partial charge in [0.2, 0.25) is 0 Å². The zero-order valence-corrected chi connectivity index (χ0v) is 12.6. The van der Waals surface area contributed by atoms with Crippen LogP contribution in [0.4, 0.5) is 0 Å². The Kier molecular flexibility index (Phi) is 5.95. The number of hydrogen-bond acceptors (Lipinski definition) is 3. The van der Waals surface area contributed by atoms with E-state index in [0.717, 1.165) is 38.0 Å². The van der Waals surface area contributed by atoms with Crippen molar-refractivity contribution in [3.8, 4) is 0 Å². The lowest BCUT2D eigenvalue weighted by Gasteiger charge is -2.11. The number of aryl methyl sites for hydroxylation is 1. The van der Waals surface area contributed by atoms with Crippen LogP contribution >= 0.6 is 12.2 Å². The fourth-order valence-corrected chi connectivity index (χ4v) is 2.19. The molecule has 1 heterocycles. The molecule has 1 unspecified atom stereocenters. The highest BCUT2D eigenvalue weighted by Gasteiger charge is 2.14. The van der Waals surface area contributed by atoms with Gasteiger partial charge in [-0.15, -0.1) is 0 Å². The van der Waals surface area contributed by atoms with E-state index in [2.05, 4.69) is 34.9 Å². The Bertz CT molecular complexity index is 453. The first-order chi connectivity index (χ1) is 9.78. The predicted octanol–water partition coefficient (Wildman–Crippen LogP) is 2.23. The number of thiocarbonyl (C=S) groups is 1. The molecule has 1 aliphatic rings. The molecule has 0 aliphatic carbocycles. The Morgan fingerprint density at radius 3 is 2.90 bits per heavy atom. The predicted molar refractivity (Wildman–Crippen MR) is 86.1 cm³/mol. The van der Waals surface area contributed by atoms with Gasteiger partial charge in [0.15, 0.2) is 5.11 Å². The van der Waals surface area contributed by atoms with Crippen LogP contribution in [0.25, 0.3) is 0 Å². The van der Waals surface area contributed by atoms with Crippen LogP contribution in [-0.2, 0) is 11.2 Å². The minimum absolute atomic E-state index is 0.278. The molecule has 108 valence electrons. The molecule has 1 fully saturated rings. The second-order valence-corrected chi connectivity index (χ2v) is 5.22. The monoisotopic (exact) mass is 291 g/mol. The van der Waals surface area contributed by atoms with Gasteiger partial charge in [0.1, 0.15) is 0 Å². The lowest BCUT2D eigenvalue weighted by Crippen LogP contribution is -2.37. The van der Waals surface area contributed by atoms with Gasteiger partial charge in [-0.1, -0.05) is 31.2 Å². The molecule has 1 saturated heterocycles. The van der Waals surface area contributed by atoms with Crippen molar-refractivity contribution in [2.75, 3.05) is 13.2 Å². The van der Waals surface area contributed by atoms with E-state index in [4.69, 9.17) is 17.0 Å². The average Bonchev–Trinajstić information content (AvgIpc) is 2.99. The van der Waals surface area contributed by atoms with Crippen molar-refractivity contribution in [3.05, 3.63) is 35.4 Å². The van der Waals surface area contributed by atoms with Crippen LogP contribution in [0.3, 0.4) is 0 Å². The first-order valence-corrected chi connectivity index (χ1v) is 7.46. The molecular formula is C15H21N3OS. The molecule has 1 atom stereocenters. The summed E-state index contributed by atoms with van der Waals surface area (Å²) in [6.07, 6.45) is 5.33. The maximum absolute atomic E-state index is 5.51. The van der Waals surface area contributed by atoms with Crippen molar-refractivity contribution >= 4 is 23.5 Å². The fourth-order valence-electron chi connectivity index (χ4n) is 2.06. The zero-order valence-electron chi connectivity index (χ0n) is 11.8. The molecule has 4 nitrogen and oxygen atoms in total. The second-order valence-electron chi connectivity index (χ2n) is 4.81. The van der Waals surface area contributed by atoms with Crippen LogP contribution in [0.2, 0.25) is 0 Å². The number of benzene rings is 1. The minimum Gasteiger partial charge on any atom is -0.376 e. The van der Waals surface area contributed by atoms with E-state index in [1.54, 1.807) is 6.21 Å². The summed E-state index contributed by atoms with van der Waals surface area (Å²) in [7, 11) is 0. The lowest BCUT2D eigenvalue weighted by atomic mass is 10.1. The molecule has 0 bridgehead atoms. The summed E-state index contributed by atoms with van der Waals surface area (Å²) in [6, 6.07) is 8.31. The van der Waals surface area contributed by atoms with Crippen molar-refractivity contribution in [2.45, 2.75) is 32.3 Å². The molecule has 0 amide bonds. The number of rotatable bonds is 5. The van der Waals surface area contributed by atoms with Gasteiger partial charge >= 0.3 is 0 Å². The van der Waals surface area contributed by atoms with Crippen molar-refractivity contribution < 1.29 is 4.74 Å². The Hall–Kier alpha value is -1.46. The highest BCUT2D eigenvalue weighted by atomic mass is 32.1. The molecule has 0 radical (unpaired) electrons. The summed E-state index contributed by atoms with van der Waals surface area (Å²) >= 11 is 5.15. The van der Waals surface area contributed by atoms with Gasteiger partial charge in [0.25, 0.3) is 0 Å². The molecular weight excluding hydrogens is 270 g/mol. The molecule has 2 rings (SSSR count). The lowest BCUT2D eigenvalue weighted by molar-refractivity contribution is 0.114. The minimum atomic E-state index is 0.278. The van der Waals surface area contributed by atoms with Gasteiger partial charge in [0, 0.05) is 13.2 Å². The molecule has 5 heteroatoms. The maximum atomic E-state index is 5.51. The third-order valence-electron chi connectivity index (χ3n) is 3.28. The van der Waals surface area contributed by atoms with Gasteiger partial charge in [-0.3, -0.25) is 5.43 Å². The quantitative estimate of drug-likeness (QED) is 0.496. The highest BCUT2D eigenvalue weighted by Crippen LogP contribution is 2.10. The van der Waals surface area contributed by atoms with Gasteiger partial charge in [-0.2, -0.15) is 5.10 Å². The van der Waals surface area contributed by atoms with E-state index in [0.29, 0.717) is 5.11 Å². The van der Waals surface area contributed by atoms with Crippen molar-refractivity contribution in [2.24, 2.45) is 5.10 Å². The molecule has 0 spiro atoms. The number of nitrogens with one attached hydrogen (secondary N) is 2. The van der Waals surface area contributed by atoms with Crippen LogP contribution in [0.15, 0.2) is 29.4 Å². The summed E-state index contributed by atoms with van der Waals surface area (Å²) in [5.74, 6) is 0. The largest absolute Gasteiger partial charge is 0.376 e. The van der Waals surface area contributed by atoms with Gasteiger partial charge < -0.3 is 10.1 Å². The summed E-state index contributed by atoms with van der Waals surface area (Å²) in [5.41, 5.74) is 5.19. The van der Waals surface area contributed by atoms with E-state index in [9.17, 15) is 0 Å². The summed E-state index contributed by atoms with van der Waals surface area (Å²) in [4.78, 5) is 0. The third-order valence-corrected chi connectivity index (χ3v) is 3.52. The van der Waals surface area contributed by atoms with Crippen LogP contribution in [0.5, 0.6) is 0 Å². The molecule has 1 aromatic carbocycles. The molecule has 1 aromatic rings. The van der Waals surface area contributed by atoms with E-state index < -0.39 is 0 Å². The zero-order chi connectivity index (χ0) is 14.2. The van der Waals surface area contributed by atoms with Crippen molar-refractivity contribution in [3.63, 3.8) is 0 Å². The van der Waals surface area contributed by atoms with Crippen LogP contribution in [0, 0.1) is 0 Å². The SMILES string of the molecule is CCc1ccc(C=NNC(=S)NCC2CCCO2)cc1. The summed E-state index contributed by atoms with van der Waals surface area (Å²) < 4.78 is 5.51. The molecule has 0 aromatic heterocycles. The second kappa shape index (κ2) is 7.97. The Morgan fingerprint density at radius 2 is 2.25 bits per heavy atom. The van der Waals surface area contributed by atoms with Gasteiger partial charge in [0.05, 0.1) is 12.3 Å². The molecule has 0 saturated carbocycles. The van der Waals surface area contributed by atoms with Crippen LogP contribution in [-0.4, -0.2) is 30.6 Å². The number of hydrazone groups is 1. The van der Waals surface area contributed by atoms with Crippen molar-refractivity contribution in [1.29, 1.82) is 0 Å². The molecule has 1 aliphatic heterocycles.